The van der Waals surface area contributed by atoms with Gasteiger partial charge in [-0.2, -0.15) is 0 Å². The van der Waals surface area contributed by atoms with Crippen molar-refractivity contribution in [2.24, 2.45) is 58.8 Å². The van der Waals surface area contributed by atoms with Crippen molar-refractivity contribution in [1.29, 1.82) is 0 Å². The van der Waals surface area contributed by atoms with Crippen LogP contribution in [0.1, 0.15) is 128 Å². The number of carbonyl (C=O) groups excluding carboxylic acids is 4. The minimum absolute atomic E-state index is 0.0308. The molecule has 12 atom stereocenters. The van der Waals surface area contributed by atoms with Crippen LogP contribution < -0.4 is 11.5 Å². The Hall–Kier alpha value is -9.52. The third-order valence-corrected chi connectivity index (χ3v) is 18.3. The van der Waals surface area contributed by atoms with E-state index in [9.17, 15) is 54.3 Å². The normalized spacial score (nSPS) is 21.6. The molecule has 0 radical (unpaired) electrons. The first-order valence-electron chi connectivity index (χ1n) is 35.9. The van der Waals surface area contributed by atoms with E-state index in [1.54, 1.807) is 92.7 Å². The molecular weight excluding hydrogens is 1350 g/mol. The van der Waals surface area contributed by atoms with Crippen molar-refractivity contribution in [2.75, 3.05) is 33.0 Å². The lowest BCUT2D eigenvalue weighted by Crippen LogP contribution is -2.08. The molecule has 14 rings (SSSR count). The van der Waals surface area contributed by atoms with E-state index in [1.165, 1.54) is 84.9 Å². The van der Waals surface area contributed by atoms with E-state index in [0.29, 0.717) is 62.1 Å². The fraction of sp³-hybridized carbons (Fsp3) is 0.356. The number of benzene rings is 8. The van der Waals surface area contributed by atoms with Crippen molar-refractivity contribution < 1.29 is 73.2 Å². The van der Waals surface area contributed by atoms with Gasteiger partial charge < -0.3 is 30.4 Å². The molecule has 558 valence electrons. The van der Waals surface area contributed by atoms with Crippen LogP contribution in [-0.2, 0) is 63.8 Å². The monoisotopic (exact) mass is 1450 g/mol. The van der Waals surface area contributed by atoms with Crippen LogP contribution in [-0.4, -0.2) is 62.9 Å². The molecule has 8 aromatic rings. The van der Waals surface area contributed by atoms with Gasteiger partial charge in [-0.05, 0) is 281 Å². The number of allylic oxidation sites excluding steroid dienone is 1. The maximum Gasteiger partial charge on any atom is 0.309 e. The lowest BCUT2D eigenvalue weighted by Gasteiger charge is -2.01. The van der Waals surface area contributed by atoms with E-state index in [4.69, 9.17) is 30.4 Å². The van der Waals surface area contributed by atoms with Gasteiger partial charge in [-0.3, -0.25) is 19.2 Å². The molecule has 0 heterocycles. The van der Waals surface area contributed by atoms with E-state index in [1.807, 2.05) is 56.3 Å². The Bertz CT molecular complexity index is 3950. The SMILES string of the molecule is C=CCc1cccc(F)c1.C=Cc1cccc(F)c1.CCOC(=O)C1CC1Cc1cccc(F)c1.CCOC(=O)C1CC1Cc1cccc(F)c1.CCOC(=O)C1CC1c1cccc(F)c1.CCOC(=O)C1CC1c1cccc(F)c1.NC1CC1Cc1cccc(F)c1.NCC1CC1c1cccc(F)c1. The van der Waals surface area contributed by atoms with Crippen molar-refractivity contribution in [2.45, 2.75) is 116 Å². The second kappa shape index (κ2) is 42.4. The summed E-state index contributed by atoms with van der Waals surface area (Å²) in [6.07, 6.45) is 12.1. The van der Waals surface area contributed by atoms with Crippen LogP contribution in [0.5, 0.6) is 0 Å². The van der Waals surface area contributed by atoms with E-state index in [0.717, 1.165) is 115 Å². The molecule has 18 heteroatoms. The average Bonchev–Trinajstić information content (AvgIpc) is 1.69. The minimum Gasteiger partial charge on any atom is -0.466 e. The van der Waals surface area contributed by atoms with Gasteiger partial charge in [0.05, 0.1) is 50.1 Å². The Kier molecular flexibility index (Phi) is 33.4. The molecule has 6 saturated carbocycles. The second-order valence-electron chi connectivity index (χ2n) is 26.7. The molecule has 4 N–H and O–H groups in total. The number of esters is 4. The van der Waals surface area contributed by atoms with Crippen LogP contribution >= 0.6 is 0 Å². The van der Waals surface area contributed by atoms with Gasteiger partial charge in [0, 0.05) is 6.04 Å². The van der Waals surface area contributed by atoms with Crippen LogP contribution in [0.3, 0.4) is 0 Å². The molecule has 0 amide bonds. The predicted octanol–water partition coefficient (Wildman–Crippen LogP) is 18.7. The zero-order valence-electron chi connectivity index (χ0n) is 60.0. The summed E-state index contributed by atoms with van der Waals surface area (Å²) in [5.41, 5.74) is 18.8. The maximum atomic E-state index is 12.9. The van der Waals surface area contributed by atoms with Crippen molar-refractivity contribution in [1.82, 2.24) is 0 Å². The zero-order chi connectivity index (χ0) is 76.0. The summed E-state index contributed by atoms with van der Waals surface area (Å²) < 4.78 is 122. The molecule has 8 aromatic carbocycles. The summed E-state index contributed by atoms with van der Waals surface area (Å²) in [4.78, 5) is 45.5. The van der Waals surface area contributed by atoms with Gasteiger partial charge in [-0.1, -0.05) is 116 Å². The quantitative estimate of drug-likeness (QED) is 0.0307. The average molecular weight is 1450 g/mol. The van der Waals surface area contributed by atoms with Gasteiger partial charge >= 0.3 is 23.9 Å². The topological polar surface area (TPSA) is 157 Å². The van der Waals surface area contributed by atoms with Gasteiger partial charge in [0.25, 0.3) is 0 Å². The van der Waals surface area contributed by atoms with E-state index < -0.39 is 0 Å². The Balaban J connectivity index is 0.000000169. The number of rotatable bonds is 21. The highest BCUT2D eigenvalue weighted by molar-refractivity contribution is 5.78. The van der Waals surface area contributed by atoms with Crippen LogP contribution in [0, 0.1) is 93.9 Å². The summed E-state index contributed by atoms with van der Waals surface area (Å²) in [6.45, 7) is 16.7. The number of hydrogen-bond acceptors (Lipinski definition) is 10. The van der Waals surface area contributed by atoms with Gasteiger partial charge in [0.2, 0.25) is 0 Å². The third-order valence-electron chi connectivity index (χ3n) is 18.3. The number of ether oxygens (including phenoxy) is 4. The number of hydrogen-bond donors (Lipinski definition) is 2. The fourth-order valence-electron chi connectivity index (χ4n) is 12.2. The highest BCUT2D eigenvalue weighted by Gasteiger charge is 2.47. The van der Waals surface area contributed by atoms with Crippen molar-refractivity contribution in [3.8, 4) is 0 Å². The molecule has 10 nitrogen and oxygen atoms in total. The van der Waals surface area contributed by atoms with Gasteiger partial charge in [0.15, 0.2) is 0 Å². The first kappa shape index (κ1) is 82.8. The second-order valence-corrected chi connectivity index (χ2v) is 26.7. The fourth-order valence-corrected chi connectivity index (χ4v) is 12.2. The molecule has 0 aliphatic heterocycles. The van der Waals surface area contributed by atoms with Crippen LogP contribution in [0.2, 0.25) is 0 Å². The van der Waals surface area contributed by atoms with Gasteiger partial charge in [0.1, 0.15) is 46.5 Å². The standard InChI is InChI=1S/2C13H15FO2.2C12H13FO2.2C10H12FN.C9H9F.C8H7F/c2*1-2-16-13(15)12-8-10(12)6-9-4-3-5-11(14)7-9;2*1-2-15-12(14)11-7-10(11)8-4-3-5-9(13)6-8;11-9-3-1-2-7(4-9)10-5-8(10)6-12;11-9-3-1-2-7(5-9)4-8-6-10(8)12;1-2-4-8-5-3-6-9(10)7-8;1-2-7-4-3-5-8(9)6-7/h2*3-5,7,10,12H,2,6,8H2,1H3;2*3-6,10-11H,2,7H2,1H3;1-4,8,10H,5-6,12H2;1-3,5,8,10H,4,6,12H2;2-3,5-7H,1,4H2;2-6H,1H2. The summed E-state index contributed by atoms with van der Waals surface area (Å²) in [5.74, 6) is 0.450. The Morgan fingerprint density at radius 1 is 0.371 bits per heavy atom. The van der Waals surface area contributed by atoms with Crippen molar-refractivity contribution in [3.05, 3.63) is 304 Å². The summed E-state index contributed by atoms with van der Waals surface area (Å²) >= 11 is 0. The Morgan fingerprint density at radius 2 is 0.676 bits per heavy atom. The smallest absolute Gasteiger partial charge is 0.309 e. The molecule has 6 aliphatic rings. The molecule has 0 saturated heterocycles. The highest BCUT2D eigenvalue weighted by Crippen LogP contribution is 2.50. The van der Waals surface area contributed by atoms with Crippen molar-refractivity contribution >= 4 is 30.0 Å². The molecule has 6 fully saturated rings. The minimum atomic E-state index is -0.248. The zero-order valence-corrected chi connectivity index (χ0v) is 60.0. The summed E-state index contributed by atoms with van der Waals surface area (Å²) in [5, 5.41) is 0. The van der Waals surface area contributed by atoms with E-state index in [-0.39, 0.29) is 106 Å². The first-order valence-corrected chi connectivity index (χ1v) is 35.9. The van der Waals surface area contributed by atoms with Gasteiger partial charge in [-0.25, -0.2) is 35.1 Å². The lowest BCUT2D eigenvalue weighted by atomic mass is 10.1. The number of carbonyl (C=O) groups is 4. The first-order chi connectivity index (χ1) is 50.6. The molecule has 0 bridgehead atoms. The molecule has 0 aromatic heterocycles. The Morgan fingerprint density at radius 3 is 0.971 bits per heavy atom. The molecular formula is C87H96F8N2O8. The summed E-state index contributed by atoms with van der Waals surface area (Å²) in [6, 6.07) is 52.7. The summed E-state index contributed by atoms with van der Waals surface area (Å²) in [7, 11) is 0. The highest BCUT2D eigenvalue weighted by atomic mass is 19.2. The maximum absolute atomic E-state index is 12.9. The van der Waals surface area contributed by atoms with E-state index in [2.05, 4.69) is 13.2 Å². The molecule has 12 unspecified atom stereocenters. The largest absolute Gasteiger partial charge is 0.466 e. The number of nitrogens with two attached hydrogens (primary N) is 2. The van der Waals surface area contributed by atoms with Crippen molar-refractivity contribution in [3.63, 3.8) is 0 Å². The van der Waals surface area contributed by atoms with Crippen LogP contribution in [0.15, 0.2) is 213 Å². The predicted molar refractivity (Wildman–Crippen MR) is 394 cm³/mol. The molecule has 0 spiro atoms. The third kappa shape index (κ3) is 29.5. The van der Waals surface area contributed by atoms with Crippen LogP contribution in [0.4, 0.5) is 35.1 Å². The Labute approximate surface area is 612 Å². The molecule has 105 heavy (non-hydrogen) atoms. The lowest BCUT2D eigenvalue weighted by molar-refractivity contribution is -0.145. The number of halogens is 8. The van der Waals surface area contributed by atoms with E-state index >= 15 is 0 Å². The van der Waals surface area contributed by atoms with Gasteiger partial charge in [-0.15, -0.1) is 6.58 Å². The van der Waals surface area contributed by atoms with Crippen LogP contribution in [0.25, 0.3) is 6.08 Å². The molecule has 6 aliphatic carbocycles.